The van der Waals surface area contributed by atoms with Gasteiger partial charge in [0.2, 0.25) is 0 Å². The summed E-state index contributed by atoms with van der Waals surface area (Å²) in [5.41, 5.74) is -3.30. The molecule has 0 aliphatic carbocycles. The molecule has 1 aromatic heterocycles. The van der Waals surface area contributed by atoms with Crippen LogP contribution < -0.4 is 5.32 Å². The van der Waals surface area contributed by atoms with Gasteiger partial charge in [-0.25, -0.2) is 4.98 Å². The van der Waals surface area contributed by atoms with E-state index >= 15 is 0 Å². The summed E-state index contributed by atoms with van der Waals surface area (Å²) in [5.74, 6) is -0.428. The van der Waals surface area contributed by atoms with E-state index in [0.29, 0.717) is 18.7 Å². The molecule has 1 atom stereocenters. The van der Waals surface area contributed by atoms with Crippen LogP contribution in [0.5, 0.6) is 0 Å². The lowest BCUT2D eigenvalue weighted by Crippen LogP contribution is -2.30. The number of halogens is 6. The maximum Gasteiger partial charge on any atom is 0.416 e. The highest BCUT2D eigenvalue weighted by Crippen LogP contribution is 2.37. The van der Waals surface area contributed by atoms with Gasteiger partial charge in [0.1, 0.15) is 0 Å². The predicted octanol–water partition coefficient (Wildman–Crippen LogP) is 4.93. The fraction of sp³-hybridized carbons (Fsp3) is 0.350. The van der Waals surface area contributed by atoms with Crippen LogP contribution in [-0.4, -0.2) is 34.4 Å². The van der Waals surface area contributed by atoms with E-state index in [1.165, 1.54) is 24.2 Å². The van der Waals surface area contributed by atoms with E-state index in [1.54, 1.807) is 14.0 Å². The maximum absolute atomic E-state index is 13.1. The van der Waals surface area contributed by atoms with Crippen LogP contribution in [0.1, 0.15) is 52.8 Å². The third-order valence-electron chi connectivity index (χ3n) is 4.49. The van der Waals surface area contributed by atoms with Crippen molar-refractivity contribution in [3.8, 4) is 0 Å². The van der Waals surface area contributed by atoms with Gasteiger partial charge in [-0.05, 0) is 37.6 Å². The molecule has 0 spiro atoms. The minimum absolute atomic E-state index is 0.0136. The summed E-state index contributed by atoms with van der Waals surface area (Å²) >= 11 is 0. The van der Waals surface area contributed by atoms with E-state index in [4.69, 9.17) is 0 Å². The summed E-state index contributed by atoms with van der Waals surface area (Å²) in [5, 5.41) is 2.72. The van der Waals surface area contributed by atoms with Gasteiger partial charge in [0.15, 0.2) is 5.69 Å². The number of hydrogen-bond acceptors (Lipinski definition) is 4. The SMILES string of the molecule is C=C(NC(C)c1nccnc1C(=O)N(C)CC)c1cc(C(F)(F)F)cc(C(F)(F)F)c1. The smallest absolute Gasteiger partial charge is 0.377 e. The third-order valence-corrected chi connectivity index (χ3v) is 4.49. The molecule has 0 saturated carbocycles. The molecule has 0 fully saturated rings. The Morgan fingerprint density at radius 3 is 2.06 bits per heavy atom. The lowest BCUT2D eigenvalue weighted by molar-refractivity contribution is -0.143. The second-order valence-electron chi connectivity index (χ2n) is 6.75. The first-order valence-corrected chi connectivity index (χ1v) is 9.07. The molecule has 168 valence electrons. The van der Waals surface area contributed by atoms with Crippen molar-refractivity contribution in [1.82, 2.24) is 20.2 Å². The van der Waals surface area contributed by atoms with Crippen LogP contribution in [0.15, 0.2) is 37.2 Å². The van der Waals surface area contributed by atoms with Crippen molar-refractivity contribution in [2.45, 2.75) is 32.2 Å². The van der Waals surface area contributed by atoms with Gasteiger partial charge in [-0.2, -0.15) is 26.3 Å². The van der Waals surface area contributed by atoms with Crippen molar-refractivity contribution in [2.24, 2.45) is 0 Å². The standard InChI is InChI=1S/C20H20F6N4O/c1-5-30(4)18(31)17-16(27-6-7-28-17)12(3)29-11(2)13-8-14(19(21,22)23)10-15(9-13)20(24,25)26/h6-10,12,29H,2,5H2,1,3-4H3. The maximum atomic E-state index is 13.1. The zero-order valence-electron chi connectivity index (χ0n) is 16.9. The minimum atomic E-state index is -4.98. The third kappa shape index (κ3) is 5.74. The number of carbonyl (C=O) groups is 1. The van der Waals surface area contributed by atoms with Crippen LogP contribution in [0.2, 0.25) is 0 Å². The first kappa shape index (κ1) is 24.2. The number of carbonyl (C=O) groups excluding carboxylic acids is 1. The Labute approximate surface area is 174 Å². The van der Waals surface area contributed by atoms with Crippen LogP contribution in [-0.2, 0) is 12.4 Å². The van der Waals surface area contributed by atoms with Crippen molar-refractivity contribution in [1.29, 1.82) is 0 Å². The molecule has 1 aromatic carbocycles. The van der Waals surface area contributed by atoms with Gasteiger partial charge in [0.25, 0.3) is 5.91 Å². The molecule has 1 amide bonds. The first-order chi connectivity index (χ1) is 14.3. The lowest BCUT2D eigenvalue weighted by atomic mass is 10.0. The van der Waals surface area contributed by atoms with Crippen molar-refractivity contribution < 1.29 is 31.1 Å². The number of hydrogen-bond donors (Lipinski definition) is 1. The highest BCUT2D eigenvalue weighted by molar-refractivity contribution is 5.93. The largest absolute Gasteiger partial charge is 0.416 e. The van der Waals surface area contributed by atoms with Crippen LogP contribution in [0.25, 0.3) is 5.70 Å². The zero-order chi connectivity index (χ0) is 23.6. The Morgan fingerprint density at radius 1 is 1.06 bits per heavy atom. The van der Waals surface area contributed by atoms with Crippen molar-refractivity contribution in [3.05, 3.63) is 65.2 Å². The predicted molar refractivity (Wildman–Crippen MR) is 102 cm³/mol. The van der Waals surface area contributed by atoms with Crippen molar-refractivity contribution in [2.75, 3.05) is 13.6 Å². The molecule has 1 heterocycles. The fourth-order valence-electron chi connectivity index (χ4n) is 2.70. The number of benzene rings is 1. The monoisotopic (exact) mass is 446 g/mol. The number of nitrogens with one attached hydrogen (secondary N) is 1. The average Bonchev–Trinajstić information content (AvgIpc) is 2.70. The van der Waals surface area contributed by atoms with E-state index in [1.807, 2.05) is 0 Å². The normalized spacial score (nSPS) is 12.9. The Kier molecular flexibility index (Phi) is 6.97. The summed E-state index contributed by atoms with van der Waals surface area (Å²) in [7, 11) is 1.55. The van der Waals surface area contributed by atoms with Crippen LogP contribution in [0.3, 0.4) is 0 Å². The summed E-state index contributed by atoms with van der Waals surface area (Å²) < 4.78 is 78.6. The number of nitrogens with zero attached hydrogens (tertiary/aromatic N) is 3. The molecule has 0 radical (unpaired) electrons. The molecular formula is C20H20F6N4O. The molecule has 2 aromatic rings. The molecule has 11 heteroatoms. The van der Waals surface area contributed by atoms with Crippen LogP contribution in [0.4, 0.5) is 26.3 Å². The Hall–Kier alpha value is -3.11. The quantitative estimate of drug-likeness (QED) is 0.640. The molecule has 0 bridgehead atoms. The van der Waals surface area contributed by atoms with Crippen LogP contribution >= 0.6 is 0 Å². The van der Waals surface area contributed by atoms with Gasteiger partial charge in [0.05, 0.1) is 22.9 Å². The minimum Gasteiger partial charge on any atom is -0.377 e. The van der Waals surface area contributed by atoms with Gasteiger partial charge in [-0.15, -0.1) is 0 Å². The molecule has 31 heavy (non-hydrogen) atoms. The van der Waals surface area contributed by atoms with Gasteiger partial charge in [0, 0.05) is 31.7 Å². The zero-order valence-corrected chi connectivity index (χ0v) is 16.9. The second-order valence-corrected chi connectivity index (χ2v) is 6.75. The van der Waals surface area contributed by atoms with Crippen LogP contribution in [0, 0.1) is 0 Å². The molecule has 2 rings (SSSR count). The first-order valence-electron chi connectivity index (χ1n) is 9.07. The molecule has 0 aliphatic heterocycles. The molecule has 1 unspecified atom stereocenters. The summed E-state index contributed by atoms with van der Waals surface area (Å²) in [6.45, 7) is 7.26. The molecule has 1 N–H and O–H groups in total. The van der Waals surface area contributed by atoms with E-state index in [-0.39, 0.29) is 23.2 Å². The van der Waals surface area contributed by atoms with E-state index < -0.39 is 41.0 Å². The molecule has 0 aliphatic rings. The van der Waals surface area contributed by atoms with E-state index in [2.05, 4.69) is 21.9 Å². The van der Waals surface area contributed by atoms with Gasteiger partial charge < -0.3 is 10.2 Å². The van der Waals surface area contributed by atoms with Crippen molar-refractivity contribution >= 4 is 11.6 Å². The Bertz CT molecular complexity index is 939. The Balaban J connectivity index is 2.39. The fourth-order valence-corrected chi connectivity index (χ4v) is 2.70. The van der Waals surface area contributed by atoms with Gasteiger partial charge >= 0.3 is 12.4 Å². The van der Waals surface area contributed by atoms with E-state index in [0.717, 1.165) is 0 Å². The summed E-state index contributed by atoms with van der Waals surface area (Å²) in [6, 6.07) is 0.407. The topological polar surface area (TPSA) is 58.1 Å². The number of amides is 1. The van der Waals surface area contributed by atoms with Crippen molar-refractivity contribution in [3.63, 3.8) is 0 Å². The average molecular weight is 446 g/mol. The highest BCUT2D eigenvalue weighted by Gasteiger charge is 2.37. The van der Waals surface area contributed by atoms with E-state index in [9.17, 15) is 31.1 Å². The van der Waals surface area contributed by atoms with Gasteiger partial charge in [-0.3, -0.25) is 9.78 Å². The molecular weight excluding hydrogens is 426 g/mol. The summed E-state index contributed by atoms with van der Waals surface area (Å²) in [6.07, 6.45) is -7.32. The molecule has 0 saturated heterocycles. The number of rotatable bonds is 6. The highest BCUT2D eigenvalue weighted by atomic mass is 19.4. The summed E-state index contributed by atoms with van der Waals surface area (Å²) in [4.78, 5) is 22.0. The number of aromatic nitrogens is 2. The number of alkyl halides is 6. The second kappa shape index (κ2) is 8.94. The Morgan fingerprint density at radius 2 is 1.58 bits per heavy atom. The molecule has 5 nitrogen and oxygen atoms in total. The van der Waals surface area contributed by atoms with Gasteiger partial charge in [-0.1, -0.05) is 6.58 Å². The lowest BCUT2D eigenvalue weighted by Gasteiger charge is -2.22.